The highest BCUT2D eigenvalue weighted by Gasteiger charge is 2.26. The Morgan fingerprint density at radius 2 is 1.68 bits per heavy atom. The zero-order valence-corrected chi connectivity index (χ0v) is 18.7. The maximum Gasteiger partial charge on any atom is 0.306 e. The lowest BCUT2D eigenvalue weighted by Crippen LogP contribution is -2.34. The van der Waals surface area contributed by atoms with Gasteiger partial charge in [-0.1, -0.05) is 11.6 Å². The second-order valence-corrected chi connectivity index (χ2v) is 9.19. The molecule has 2 aromatic rings. The molecule has 0 radical (unpaired) electrons. The molecule has 1 aliphatic carbocycles. The first-order valence-electron chi connectivity index (χ1n) is 10.2. The summed E-state index contributed by atoms with van der Waals surface area (Å²) in [7, 11) is 0. The molecule has 31 heavy (non-hydrogen) atoms. The predicted octanol–water partition coefficient (Wildman–Crippen LogP) is 3.89. The van der Waals surface area contributed by atoms with Gasteiger partial charge in [-0.2, -0.15) is 0 Å². The highest BCUT2D eigenvalue weighted by molar-refractivity contribution is 7.18. The quantitative estimate of drug-likeness (QED) is 0.514. The van der Waals surface area contributed by atoms with E-state index in [2.05, 4.69) is 10.6 Å². The topological polar surface area (TPSA) is 105 Å². The van der Waals surface area contributed by atoms with E-state index < -0.39 is 5.97 Å². The van der Waals surface area contributed by atoms with E-state index in [1.807, 2.05) is 6.92 Å². The number of ether oxygens (including phenoxy) is 1. The van der Waals surface area contributed by atoms with E-state index in [4.69, 9.17) is 21.4 Å². The molecule has 1 fully saturated rings. The summed E-state index contributed by atoms with van der Waals surface area (Å²) < 4.78 is 6.51. The first-order valence-corrected chi connectivity index (χ1v) is 11.3. The van der Waals surface area contributed by atoms with Crippen molar-refractivity contribution in [3.8, 4) is 5.75 Å². The number of hydrogen-bond acceptors (Lipinski definition) is 5. The smallest absolute Gasteiger partial charge is 0.306 e. The predicted molar refractivity (Wildman–Crippen MR) is 119 cm³/mol. The van der Waals surface area contributed by atoms with E-state index in [9.17, 15) is 14.4 Å². The molecule has 3 N–H and O–H groups in total. The number of carboxylic acids is 1. The fourth-order valence-corrected chi connectivity index (χ4v) is 4.54. The molecular weight excluding hydrogens is 440 g/mol. The van der Waals surface area contributed by atoms with E-state index in [1.54, 1.807) is 30.3 Å². The molecular formula is C22H25ClN2O5S. The molecule has 3 rings (SSSR count). The number of benzene rings is 1. The molecule has 0 aliphatic heterocycles. The summed E-state index contributed by atoms with van der Waals surface area (Å²) in [5.74, 6) is -0.805. The summed E-state index contributed by atoms with van der Waals surface area (Å²) in [4.78, 5) is 35.9. The zero-order valence-electron chi connectivity index (χ0n) is 17.2. The first-order chi connectivity index (χ1) is 14.8. The fourth-order valence-electron chi connectivity index (χ4n) is 3.42. The van der Waals surface area contributed by atoms with Gasteiger partial charge < -0.3 is 20.5 Å². The van der Waals surface area contributed by atoms with Gasteiger partial charge in [-0.3, -0.25) is 14.4 Å². The van der Waals surface area contributed by atoms with Crippen LogP contribution in [0.4, 0.5) is 0 Å². The molecule has 1 aromatic heterocycles. The number of aliphatic carboxylic acids is 1. The number of carboxylic acid groups (broad SMARTS) is 1. The molecule has 9 heteroatoms. The third-order valence-electron chi connectivity index (χ3n) is 5.22. The molecule has 0 spiro atoms. The maximum atomic E-state index is 12.3. The molecule has 0 bridgehead atoms. The van der Waals surface area contributed by atoms with Crippen molar-refractivity contribution >= 4 is 40.7 Å². The molecule has 1 aliphatic rings. The SMILES string of the molecule is Cc1cc(C(=O)NCCNC(=O)c2ccc(OC3CCC(C(=O)O)CC3)cc2)sc1Cl. The van der Waals surface area contributed by atoms with Crippen LogP contribution in [-0.4, -0.2) is 42.1 Å². The average Bonchev–Trinajstić information content (AvgIpc) is 3.10. The number of nitrogens with one attached hydrogen (secondary N) is 2. The Balaban J connectivity index is 1.39. The third-order valence-corrected chi connectivity index (χ3v) is 6.77. The molecule has 1 aromatic carbocycles. The first kappa shape index (κ1) is 23.1. The summed E-state index contributed by atoms with van der Waals surface area (Å²) in [6.45, 7) is 2.45. The van der Waals surface area contributed by atoms with Crippen molar-refractivity contribution in [3.63, 3.8) is 0 Å². The van der Waals surface area contributed by atoms with Gasteiger partial charge in [-0.05, 0) is 68.5 Å². The van der Waals surface area contributed by atoms with Gasteiger partial charge in [-0.25, -0.2) is 0 Å². The minimum atomic E-state index is -0.737. The minimum absolute atomic E-state index is 0.000835. The summed E-state index contributed by atoms with van der Waals surface area (Å²) in [6.07, 6.45) is 2.66. The van der Waals surface area contributed by atoms with Gasteiger partial charge in [0.15, 0.2) is 0 Å². The van der Waals surface area contributed by atoms with Crippen molar-refractivity contribution in [1.82, 2.24) is 10.6 Å². The number of amides is 2. The molecule has 166 valence electrons. The lowest BCUT2D eigenvalue weighted by molar-refractivity contribution is -0.143. The Bertz CT molecular complexity index is 916. The molecule has 2 amide bonds. The van der Waals surface area contributed by atoms with Crippen molar-refractivity contribution in [2.24, 2.45) is 5.92 Å². The van der Waals surface area contributed by atoms with Gasteiger partial charge in [0.1, 0.15) is 5.75 Å². The standard InChI is InChI=1S/C22H25ClN2O5S/c1-13-12-18(31-19(13)23)21(27)25-11-10-24-20(26)14-2-6-16(7-3-14)30-17-8-4-15(5-9-17)22(28)29/h2-3,6-7,12,15,17H,4-5,8-11H2,1H3,(H,24,26)(H,25,27)(H,28,29). The summed E-state index contributed by atoms with van der Waals surface area (Å²) in [5, 5.41) is 14.6. The average molecular weight is 465 g/mol. The van der Waals surface area contributed by atoms with Gasteiger partial charge in [0.2, 0.25) is 0 Å². The second-order valence-electron chi connectivity index (χ2n) is 7.53. The monoisotopic (exact) mass is 464 g/mol. The highest BCUT2D eigenvalue weighted by atomic mass is 35.5. The molecule has 7 nitrogen and oxygen atoms in total. The van der Waals surface area contributed by atoms with Gasteiger partial charge in [-0.15, -0.1) is 11.3 Å². The molecule has 1 saturated carbocycles. The Labute approximate surface area is 189 Å². The maximum absolute atomic E-state index is 12.3. The summed E-state index contributed by atoms with van der Waals surface area (Å²) >= 11 is 7.20. The molecule has 0 unspecified atom stereocenters. The van der Waals surface area contributed by atoms with Crippen LogP contribution in [0.15, 0.2) is 30.3 Å². The van der Waals surface area contributed by atoms with Crippen molar-refractivity contribution in [1.29, 1.82) is 0 Å². The van der Waals surface area contributed by atoms with Gasteiger partial charge >= 0.3 is 5.97 Å². The molecule has 0 atom stereocenters. The van der Waals surface area contributed by atoms with Crippen molar-refractivity contribution in [3.05, 3.63) is 50.7 Å². The minimum Gasteiger partial charge on any atom is -0.490 e. The largest absolute Gasteiger partial charge is 0.490 e. The van der Waals surface area contributed by atoms with E-state index >= 15 is 0 Å². The number of hydrogen-bond donors (Lipinski definition) is 3. The van der Waals surface area contributed by atoms with Crippen LogP contribution < -0.4 is 15.4 Å². The number of carbonyl (C=O) groups is 3. The van der Waals surface area contributed by atoms with Crippen LogP contribution in [0.2, 0.25) is 4.34 Å². The van der Waals surface area contributed by atoms with Crippen molar-refractivity contribution < 1.29 is 24.2 Å². The lowest BCUT2D eigenvalue weighted by atomic mass is 9.87. The number of halogens is 1. The van der Waals surface area contributed by atoms with E-state index in [-0.39, 0.29) is 23.8 Å². The number of thiophene rings is 1. The van der Waals surface area contributed by atoms with Gasteiger partial charge in [0.05, 0.1) is 21.2 Å². The summed E-state index contributed by atoms with van der Waals surface area (Å²) in [6, 6.07) is 8.58. The number of aryl methyl sites for hydroxylation is 1. The van der Waals surface area contributed by atoms with Crippen molar-refractivity contribution in [2.45, 2.75) is 38.7 Å². The Kier molecular flexibility index (Phi) is 7.92. The number of rotatable bonds is 8. The lowest BCUT2D eigenvalue weighted by Gasteiger charge is -2.26. The Morgan fingerprint density at radius 1 is 1.06 bits per heavy atom. The summed E-state index contributed by atoms with van der Waals surface area (Å²) in [5.41, 5.74) is 1.36. The normalized spacial score (nSPS) is 18.3. The van der Waals surface area contributed by atoms with Crippen LogP contribution in [0.5, 0.6) is 5.75 Å². The van der Waals surface area contributed by atoms with E-state index in [0.717, 1.165) is 5.56 Å². The highest BCUT2D eigenvalue weighted by Crippen LogP contribution is 2.28. The zero-order chi connectivity index (χ0) is 22.4. The second kappa shape index (κ2) is 10.6. The van der Waals surface area contributed by atoms with E-state index in [0.29, 0.717) is 59.3 Å². The molecule has 0 saturated heterocycles. The number of carbonyl (C=O) groups excluding carboxylic acids is 2. The fraction of sp³-hybridized carbons (Fsp3) is 0.409. The van der Waals surface area contributed by atoms with Crippen LogP contribution in [0.1, 0.15) is 51.3 Å². The third kappa shape index (κ3) is 6.45. The van der Waals surface area contributed by atoms with E-state index in [1.165, 1.54) is 11.3 Å². The Morgan fingerprint density at radius 3 is 2.23 bits per heavy atom. The van der Waals surface area contributed by atoms with Crippen molar-refractivity contribution in [2.75, 3.05) is 13.1 Å². The van der Waals surface area contributed by atoms with Crippen LogP contribution in [-0.2, 0) is 4.79 Å². The van der Waals surface area contributed by atoms with Gasteiger partial charge in [0.25, 0.3) is 11.8 Å². The molecule has 1 heterocycles. The van der Waals surface area contributed by atoms with Crippen LogP contribution in [0.25, 0.3) is 0 Å². The van der Waals surface area contributed by atoms with Crippen LogP contribution in [0.3, 0.4) is 0 Å². The van der Waals surface area contributed by atoms with Crippen LogP contribution >= 0.6 is 22.9 Å². The Hall–Kier alpha value is -2.58. The van der Waals surface area contributed by atoms with Gasteiger partial charge in [0, 0.05) is 18.7 Å². The van der Waals surface area contributed by atoms with Crippen LogP contribution in [0, 0.1) is 12.8 Å².